The van der Waals surface area contributed by atoms with Crippen LogP contribution in [-0.2, 0) is 15.3 Å². The predicted octanol–water partition coefficient (Wildman–Crippen LogP) is 3.00. The smallest absolute Gasteiger partial charge is 0.258 e. The van der Waals surface area contributed by atoms with Crippen molar-refractivity contribution in [3.05, 3.63) is 59.4 Å². The number of rotatable bonds is 7. The Kier molecular flexibility index (Phi) is 4.90. The largest absolute Gasteiger partial charge is 0.438 e. The normalized spacial score (nSPS) is 23.7. The first-order valence-corrected chi connectivity index (χ1v) is 11.5. The second-order valence-electron chi connectivity index (χ2n) is 8.01. The number of benzene rings is 1. The number of hydrogen-bond acceptors (Lipinski definition) is 6. The summed E-state index contributed by atoms with van der Waals surface area (Å²) in [5.41, 5.74) is 0.254. The molecule has 3 saturated carbocycles. The minimum absolute atomic E-state index is 0.0417. The molecule has 29 heavy (non-hydrogen) atoms. The molecule has 1 unspecified atom stereocenters. The van der Waals surface area contributed by atoms with E-state index in [0.29, 0.717) is 5.75 Å². The van der Waals surface area contributed by atoms with Crippen molar-refractivity contribution in [2.75, 3.05) is 6.26 Å². The van der Waals surface area contributed by atoms with E-state index in [1.807, 2.05) is 18.2 Å². The van der Waals surface area contributed by atoms with Gasteiger partial charge in [-0.3, -0.25) is 4.79 Å². The fraction of sp³-hybridized carbons (Fsp3) is 0.381. The lowest BCUT2D eigenvalue weighted by Crippen LogP contribution is -2.56. The van der Waals surface area contributed by atoms with Crippen LogP contribution in [0.4, 0.5) is 0 Å². The van der Waals surface area contributed by atoms with E-state index in [1.165, 1.54) is 12.3 Å². The molecule has 0 radical (unpaired) electrons. The van der Waals surface area contributed by atoms with Crippen LogP contribution in [0.5, 0.6) is 11.6 Å². The summed E-state index contributed by atoms with van der Waals surface area (Å²) in [5.74, 6) is 1.87. The number of para-hydroxylation sites is 1. The molecule has 1 aromatic heterocycles. The van der Waals surface area contributed by atoms with Gasteiger partial charge in [0.15, 0.2) is 9.84 Å². The van der Waals surface area contributed by atoms with Gasteiger partial charge in [-0.05, 0) is 44.2 Å². The minimum atomic E-state index is -3.26. The number of carbonyl (C=O) groups is 1. The Bertz CT molecular complexity index is 1050. The molecule has 3 aliphatic carbocycles. The van der Waals surface area contributed by atoms with Gasteiger partial charge < -0.3 is 10.1 Å². The van der Waals surface area contributed by atoms with Crippen LogP contribution in [0.15, 0.2) is 48.0 Å². The molecule has 0 saturated heterocycles. The van der Waals surface area contributed by atoms with Crippen molar-refractivity contribution in [1.82, 2.24) is 15.3 Å². The monoisotopic (exact) mass is 413 g/mol. The van der Waals surface area contributed by atoms with Crippen LogP contribution < -0.4 is 10.1 Å². The highest BCUT2D eigenvalue weighted by Gasteiger charge is 2.59. The number of nitrogens with zero attached hydrogens (tertiary/aromatic N) is 2. The second kappa shape index (κ2) is 7.26. The molecule has 0 spiro atoms. The highest BCUT2D eigenvalue weighted by molar-refractivity contribution is 7.93. The molecule has 0 aliphatic heterocycles. The first-order valence-electron chi connectivity index (χ1n) is 9.54. The van der Waals surface area contributed by atoms with Gasteiger partial charge in [0.2, 0.25) is 5.88 Å². The topological polar surface area (TPSA) is 98.2 Å². The Morgan fingerprint density at radius 1 is 1.28 bits per heavy atom. The third-order valence-electron chi connectivity index (χ3n) is 5.44. The molecular formula is C21H23N3O4S. The maximum atomic E-state index is 12.8. The van der Waals surface area contributed by atoms with E-state index in [2.05, 4.69) is 15.3 Å². The first kappa shape index (κ1) is 19.6. The average molecular weight is 413 g/mol. The highest BCUT2D eigenvalue weighted by atomic mass is 32.2. The molecule has 152 valence electrons. The summed E-state index contributed by atoms with van der Waals surface area (Å²) < 4.78 is 28.5. The van der Waals surface area contributed by atoms with E-state index >= 15 is 0 Å². The van der Waals surface area contributed by atoms with Gasteiger partial charge >= 0.3 is 0 Å². The first-order chi connectivity index (χ1) is 13.7. The number of sulfone groups is 1. The lowest BCUT2D eigenvalue weighted by atomic mass is 9.44. The molecule has 3 fully saturated rings. The van der Waals surface area contributed by atoms with Gasteiger partial charge in [0.1, 0.15) is 17.1 Å². The van der Waals surface area contributed by atoms with Gasteiger partial charge in [-0.1, -0.05) is 24.3 Å². The molecule has 2 bridgehead atoms. The molecular weight excluding hydrogens is 390 g/mol. The summed E-state index contributed by atoms with van der Waals surface area (Å²) in [6, 6.07) is 8.67. The van der Waals surface area contributed by atoms with Crippen LogP contribution >= 0.6 is 0 Å². The summed E-state index contributed by atoms with van der Waals surface area (Å²) in [7, 11) is -3.26. The standard InChI is InChI=1S/C21H23N3O4S/c1-14(8-9-29(2,26)27)23-18(25)17-13-22-20(21-10-15(11-21)12-21)24-19(17)28-16-6-4-3-5-7-16/h3-9,13-15H,10-12H2,1-2H3,(H,23,25). The molecule has 7 nitrogen and oxygen atoms in total. The minimum Gasteiger partial charge on any atom is -0.438 e. The zero-order valence-electron chi connectivity index (χ0n) is 16.3. The van der Waals surface area contributed by atoms with E-state index in [0.717, 1.165) is 42.7 Å². The van der Waals surface area contributed by atoms with Gasteiger partial charge in [0.05, 0.1) is 0 Å². The summed E-state index contributed by atoms with van der Waals surface area (Å²) >= 11 is 0. The van der Waals surface area contributed by atoms with E-state index in [-0.39, 0.29) is 16.9 Å². The maximum Gasteiger partial charge on any atom is 0.258 e. The van der Waals surface area contributed by atoms with Gasteiger partial charge in [-0.15, -0.1) is 0 Å². The van der Waals surface area contributed by atoms with Crippen molar-refractivity contribution in [2.45, 2.75) is 37.6 Å². The SMILES string of the molecule is CC(C=CS(C)(=O)=O)NC(=O)c1cnc(C23CC(C2)C3)nc1Oc1ccccc1. The van der Waals surface area contributed by atoms with Crippen molar-refractivity contribution in [1.29, 1.82) is 0 Å². The number of nitrogens with one attached hydrogen (secondary N) is 1. The third kappa shape index (κ3) is 4.17. The Morgan fingerprint density at radius 3 is 2.55 bits per heavy atom. The van der Waals surface area contributed by atoms with Crippen LogP contribution in [0.1, 0.15) is 42.4 Å². The van der Waals surface area contributed by atoms with Crippen LogP contribution in [0.3, 0.4) is 0 Å². The number of amides is 1. The molecule has 1 amide bonds. The van der Waals surface area contributed by atoms with Crippen molar-refractivity contribution >= 4 is 15.7 Å². The van der Waals surface area contributed by atoms with Gasteiger partial charge in [0, 0.05) is 29.3 Å². The maximum absolute atomic E-state index is 12.8. The van der Waals surface area contributed by atoms with Crippen LogP contribution in [0, 0.1) is 5.92 Å². The van der Waals surface area contributed by atoms with Crippen LogP contribution in [0.25, 0.3) is 0 Å². The zero-order chi connectivity index (χ0) is 20.6. The number of ether oxygens (including phenoxy) is 1. The Hall–Kier alpha value is -2.74. The van der Waals surface area contributed by atoms with Crippen molar-refractivity contribution in [2.24, 2.45) is 5.92 Å². The third-order valence-corrected chi connectivity index (χ3v) is 6.09. The Labute approximate surface area is 170 Å². The average Bonchev–Trinajstić information content (AvgIpc) is 2.58. The zero-order valence-corrected chi connectivity index (χ0v) is 17.1. The van der Waals surface area contributed by atoms with E-state index < -0.39 is 21.8 Å². The van der Waals surface area contributed by atoms with E-state index in [9.17, 15) is 13.2 Å². The summed E-state index contributed by atoms with van der Waals surface area (Å²) in [5, 5.41) is 3.81. The molecule has 1 heterocycles. The summed E-state index contributed by atoms with van der Waals surface area (Å²) in [6.45, 7) is 1.69. The van der Waals surface area contributed by atoms with E-state index in [4.69, 9.17) is 4.74 Å². The number of aromatic nitrogens is 2. The fourth-order valence-corrected chi connectivity index (χ4v) is 4.32. The van der Waals surface area contributed by atoms with E-state index in [1.54, 1.807) is 19.1 Å². The Morgan fingerprint density at radius 2 is 1.97 bits per heavy atom. The second-order valence-corrected chi connectivity index (χ2v) is 9.94. The quantitative estimate of drug-likeness (QED) is 0.749. The van der Waals surface area contributed by atoms with Crippen LogP contribution in [0.2, 0.25) is 0 Å². The van der Waals surface area contributed by atoms with Crippen molar-refractivity contribution in [3.63, 3.8) is 0 Å². The molecule has 2 aromatic rings. The lowest BCUT2D eigenvalue weighted by Gasteiger charge is -2.60. The molecule has 5 rings (SSSR count). The molecule has 1 aromatic carbocycles. The highest BCUT2D eigenvalue weighted by Crippen LogP contribution is 2.64. The molecule has 1 N–H and O–H groups in total. The number of carbonyl (C=O) groups excluding carboxylic acids is 1. The van der Waals surface area contributed by atoms with Crippen molar-refractivity contribution in [3.8, 4) is 11.6 Å². The molecule has 1 atom stereocenters. The van der Waals surface area contributed by atoms with Gasteiger partial charge in [0.25, 0.3) is 5.91 Å². The van der Waals surface area contributed by atoms with Gasteiger partial charge in [-0.25, -0.2) is 13.4 Å². The Balaban J connectivity index is 1.59. The molecule has 8 heteroatoms. The van der Waals surface area contributed by atoms with Crippen molar-refractivity contribution < 1.29 is 17.9 Å². The van der Waals surface area contributed by atoms with Crippen LogP contribution in [-0.4, -0.2) is 36.6 Å². The summed E-state index contributed by atoms with van der Waals surface area (Å²) in [4.78, 5) is 21.9. The molecule has 3 aliphatic rings. The predicted molar refractivity (Wildman–Crippen MR) is 108 cm³/mol. The number of hydrogen-bond donors (Lipinski definition) is 1. The van der Waals surface area contributed by atoms with Gasteiger partial charge in [-0.2, -0.15) is 4.98 Å². The fourth-order valence-electron chi connectivity index (χ4n) is 3.80. The summed E-state index contributed by atoms with van der Waals surface area (Å²) in [6.07, 6.45) is 7.30. The lowest BCUT2D eigenvalue weighted by molar-refractivity contribution is -0.0349.